The summed E-state index contributed by atoms with van der Waals surface area (Å²) in [7, 11) is 1.29. The van der Waals surface area contributed by atoms with Crippen molar-refractivity contribution in [1.29, 1.82) is 5.26 Å². The SMILES string of the molecule is COc1ccc(C(OCc2ccccc2)(c2ccc(OC)cc2)[C@]23CN(c4ncccn4)[C@@H]([C@H](n4cc(C)c(=O)[nH]c4=O)O2)[C@@H]3OP(OCCC#N)N(C(C)C)C(C)C)cc1. The molecule has 2 fully saturated rings. The number of methoxy groups -OCH3 is 2. The average Bonchev–Trinajstić information content (AvgIpc) is 3.76. The fourth-order valence-electron chi connectivity index (χ4n) is 8.52. The van der Waals surface area contributed by atoms with Crippen molar-refractivity contribution in [2.24, 2.45) is 0 Å². The van der Waals surface area contributed by atoms with Gasteiger partial charge in [0.05, 0.1) is 46.5 Å². The number of aromatic amines is 1. The van der Waals surface area contributed by atoms with Crippen LogP contribution in [-0.2, 0) is 30.7 Å². The van der Waals surface area contributed by atoms with Gasteiger partial charge in [-0.1, -0.05) is 54.6 Å². The van der Waals surface area contributed by atoms with Crippen molar-refractivity contribution < 1.29 is 28.0 Å². The number of aryl methyl sites for hydroxylation is 1. The Morgan fingerprint density at radius 1 is 0.934 bits per heavy atom. The van der Waals surface area contributed by atoms with Crippen molar-refractivity contribution in [3.63, 3.8) is 0 Å². The number of hydrogen-bond acceptors (Lipinski definition) is 13. The van der Waals surface area contributed by atoms with Crippen LogP contribution in [0.2, 0.25) is 0 Å². The summed E-state index contributed by atoms with van der Waals surface area (Å²) in [6.45, 7) is 10.3. The van der Waals surface area contributed by atoms with Crippen molar-refractivity contribution >= 4 is 14.5 Å². The Balaban J connectivity index is 1.58. The first-order valence-corrected chi connectivity index (χ1v) is 21.4. The smallest absolute Gasteiger partial charge is 0.330 e. The molecule has 3 aromatic carbocycles. The van der Waals surface area contributed by atoms with Crippen molar-refractivity contribution in [2.45, 2.75) is 89.3 Å². The molecule has 7 rings (SSSR count). The summed E-state index contributed by atoms with van der Waals surface area (Å²) in [6.07, 6.45) is 2.91. The van der Waals surface area contributed by atoms with Gasteiger partial charge < -0.3 is 32.9 Å². The fourth-order valence-corrected chi connectivity index (χ4v) is 10.3. The number of H-pyrrole nitrogens is 1. The van der Waals surface area contributed by atoms with Gasteiger partial charge in [-0.3, -0.25) is 14.3 Å². The summed E-state index contributed by atoms with van der Waals surface area (Å²) in [6, 6.07) is 28.2. The molecule has 1 N–H and O–H groups in total. The fraction of sp³-hybridized carbons (Fsp3) is 0.400. The summed E-state index contributed by atoms with van der Waals surface area (Å²) in [5, 5.41) is 9.62. The molecule has 320 valence electrons. The number of anilines is 1. The highest BCUT2D eigenvalue weighted by molar-refractivity contribution is 7.44. The van der Waals surface area contributed by atoms with Gasteiger partial charge in [0.15, 0.2) is 17.4 Å². The monoisotopic (exact) mass is 849 g/mol. The van der Waals surface area contributed by atoms with Crippen LogP contribution in [0.3, 0.4) is 0 Å². The molecular weight excluding hydrogens is 798 g/mol. The topological polar surface area (TPSA) is 166 Å². The van der Waals surface area contributed by atoms with E-state index < -0.39 is 49.4 Å². The van der Waals surface area contributed by atoms with Gasteiger partial charge in [-0.2, -0.15) is 5.26 Å². The van der Waals surface area contributed by atoms with E-state index in [1.165, 1.54) is 10.8 Å². The third-order valence-electron chi connectivity index (χ3n) is 11.1. The van der Waals surface area contributed by atoms with E-state index in [2.05, 4.69) is 43.4 Å². The van der Waals surface area contributed by atoms with Crippen LogP contribution >= 0.6 is 8.53 Å². The maximum absolute atomic E-state index is 14.1. The minimum Gasteiger partial charge on any atom is -0.497 e. The Morgan fingerprint density at radius 2 is 1.54 bits per heavy atom. The van der Waals surface area contributed by atoms with E-state index in [9.17, 15) is 14.9 Å². The lowest BCUT2D eigenvalue weighted by Crippen LogP contribution is -2.62. The number of rotatable bonds is 18. The molecule has 5 aromatic rings. The Kier molecular flexibility index (Phi) is 13.3. The molecule has 2 aliphatic rings. The van der Waals surface area contributed by atoms with Crippen LogP contribution in [-0.4, -0.2) is 81.4 Å². The number of nitrogens with one attached hydrogen (secondary N) is 1. The van der Waals surface area contributed by atoms with Crippen molar-refractivity contribution in [2.75, 3.05) is 32.3 Å². The van der Waals surface area contributed by atoms with E-state index in [-0.39, 0.29) is 38.3 Å². The number of aromatic nitrogens is 4. The molecule has 61 heavy (non-hydrogen) atoms. The third kappa shape index (κ3) is 8.32. The van der Waals surface area contributed by atoms with E-state index >= 15 is 0 Å². The van der Waals surface area contributed by atoms with E-state index in [0.29, 0.717) is 34.1 Å². The standard InChI is InChI=1S/C45H52N7O8P/c1-30(2)52(31(3)4)61(58-26-11-23-46)60-39-38-41(50-27-32(5)40(53)49-43(50)54)59-44(39,29-51(38)42-47-24-12-25-48-42)45(34-15-19-36(55-6)20-16-34,35-17-21-37(56-7)22-18-35)57-28-33-13-9-8-10-14-33/h8-10,12-22,24-25,27,30-31,38-39,41H,11,26,28-29H2,1-7H3,(H,49,53,54)/t38-,39+,41-,44-,61?/m1/s1. The summed E-state index contributed by atoms with van der Waals surface area (Å²) in [5.41, 5.74) is -1.67. The Labute approximate surface area is 356 Å². The molecule has 0 saturated carbocycles. The third-order valence-corrected chi connectivity index (χ3v) is 13.3. The minimum absolute atomic E-state index is 0.0415. The summed E-state index contributed by atoms with van der Waals surface area (Å²) >= 11 is 0. The van der Waals surface area contributed by atoms with Crippen molar-refractivity contribution in [3.05, 3.63) is 147 Å². The molecule has 1 unspecified atom stereocenters. The lowest BCUT2D eigenvalue weighted by molar-refractivity contribution is -0.222. The first kappa shape index (κ1) is 43.6. The predicted molar refractivity (Wildman–Crippen MR) is 230 cm³/mol. The lowest BCUT2D eigenvalue weighted by Gasteiger charge is -2.50. The van der Waals surface area contributed by atoms with Crippen LogP contribution in [0.1, 0.15) is 62.6 Å². The van der Waals surface area contributed by atoms with Gasteiger partial charge in [0.1, 0.15) is 23.6 Å². The van der Waals surface area contributed by atoms with Gasteiger partial charge in [0.25, 0.3) is 14.1 Å². The van der Waals surface area contributed by atoms with E-state index in [0.717, 1.165) is 5.56 Å². The number of morpholine rings is 1. The zero-order chi connectivity index (χ0) is 43.3. The van der Waals surface area contributed by atoms with Gasteiger partial charge in [0, 0.05) is 36.2 Å². The highest BCUT2D eigenvalue weighted by Gasteiger charge is 2.75. The molecule has 16 heteroatoms. The van der Waals surface area contributed by atoms with Crippen LogP contribution in [0.5, 0.6) is 11.5 Å². The number of nitrogens with zero attached hydrogens (tertiary/aromatic N) is 6. The minimum atomic E-state index is -1.93. The van der Waals surface area contributed by atoms with Crippen molar-refractivity contribution in [1.82, 2.24) is 24.2 Å². The van der Waals surface area contributed by atoms with E-state index in [4.69, 9.17) is 38.0 Å². The van der Waals surface area contributed by atoms with Crippen LogP contribution in [0.4, 0.5) is 5.95 Å². The van der Waals surface area contributed by atoms with Gasteiger partial charge in [-0.15, -0.1) is 0 Å². The molecular formula is C45H52N7O8P. The molecule has 15 nitrogen and oxygen atoms in total. The number of nitriles is 1. The highest BCUT2D eigenvalue weighted by Crippen LogP contribution is 2.63. The molecule has 0 aliphatic carbocycles. The molecule has 0 radical (unpaired) electrons. The highest BCUT2D eigenvalue weighted by atomic mass is 31.2. The second-order valence-electron chi connectivity index (χ2n) is 15.5. The zero-order valence-electron chi connectivity index (χ0n) is 35.4. The number of fused-ring (bicyclic) bond motifs is 2. The maximum Gasteiger partial charge on any atom is 0.330 e. The van der Waals surface area contributed by atoms with Gasteiger partial charge >= 0.3 is 5.69 Å². The molecule has 2 saturated heterocycles. The molecule has 2 aliphatic heterocycles. The van der Waals surface area contributed by atoms with Gasteiger partial charge in [-0.05, 0) is 81.6 Å². The largest absolute Gasteiger partial charge is 0.497 e. The Bertz CT molecular complexity index is 2340. The number of benzene rings is 3. The van der Waals surface area contributed by atoms with Gasteiger partial charge in [0.2, 0.25) is 5.95 Å². The lowest BCUT2D eigenvalue weighted by atomic mass is 9.70. The van der Waals surface area contributed by atoms with Crippen LogP contribution in [0.25, 0.3) is 0 Å². The van der Waals surface area contributed by atoms with Crippen LogP contribution in [0.15, 0.2) is 113 Å². The molecule has 4 heterocycles. The molecule has 0 spiro atoms. The predicted octanol–water partition coefficient (Wildman–Crippen LogP) is 6.63. The quantitative estimate of drug-likeness (QED) is 0.0738. The summed E-state index contributed by atoms with van der Waals surface area (Å²) < 4.78 is 44.2. The Morgan fingerprint density at radius 3 is 2.10 bits per heavy atom. The second kappa shape index (κ2) is 18.7. The normalized spacial score (nSPS) is 20.3. The molecule has 2 aromatic heterocycles. The Hall–Kier alpha value is -5.46. The second-order valence-corrected chi connectivity index (χ2v) is 16.9. The van der Waals surface area contributed by atoms with Gasteiger partial charge in [-0.25, -0.2) is 19.4 Å². The molecule has 0 amide bonds. The van der Waals surface area contributed by atoms with Crippen LogP contribution in [0, 0.1) is 18.3 Å². The first-order valence-electron chi connectivity index (χ1n) is 20.2. The zero-order valence-corrected chi connectivity index (χ0v) is 36.3. The molecule has 2 bridgehead atoms. The van der Waals surface area contributed by atoms with E-state index in [1.807, 2.05) is 83.8 Å². The summed E-state index contributed by atoms with van der Waals surface area (Å²) in [4.78, 5) is 40.9. The van der Waals surface area contributed by atoms with Crippen LogP contribution < -0.4 is 25.6 Å². The summed E-state index contributed by atoms with van der Waals surface area (Å²) in [5.74, 6) is 1.62. The first-order chi connectivity index (χ1) is 29.5. The van der Waals surface area contributed by atoms with Crippen molar-refractivity contribution in [3.8, 4) is 17.6 Å². The average molecular weight is 850 g/mol. The van der Waals surface area contributed by atoms with E-state index in [1.54, 1.807) is 39.6 Å². The number of hydrogen-bond donors (Lipinski definition) is 1. The maximum atomic E-state index is 14.1. The number of ether oxygens (including phenoxy) is 4. The molecule has 5 atom stereocenters.